The van der Waals surface area contributed by atoms with E-state index in [1.807, 2.05) is 6.92 Å². The van der Waals surface area contributed by atoms with E-state index in [0.29, 0.717) is 12.6 Å². The van der Waals surface area contributed by atoms with Crippen LogP contribution in [0.5, 0.6) is 0 Å². The van der Waals surface area contributed by atoms with Crippen LogP contribution in [0.1, 0.15) is 19.8 Å². The van der Waals surface area contributed by atoms with Gasteiger partial charge in [0.25, 0.3) is 0 Å². The minimum Gasteiger partial charge on any atom is -0.383 e. The zero-order valence-corrected chi connectivity index (χ0v) is 11.3. The summed E-state index contributed by atoms with van der Waals surface area (Å²) in [4.78, 5) is 18.4. The first-order valence-corrected chi connectivity index (χ1v) is 6.07. The van der Waals surface area contributed by atoms with Gasteiger partial charge in [-0.3, -0.25) is 10.1 Å². The molecule has 0 radical (unpaired) electrons. The van der Waals surface area contributed by atoms with Crippen molar-refractivity contribution in [3.8, 4) is 0 Å². The van der Waals surface area contributed by atoms with E-state index in [2.05, 4.69) is 20.6 Å². The molecule has 0 aliphatic rings. The fourth-order valence-electron chi connectivity index (χ4n) is 1.68. The molecule has 1 unspecified atom stereocenters. The van der Waals surface area contributed by atoms with Gasteiger partial charge in [0.05, 0.1) is 17.6 Å². The Balaban J connectivity index is 2.97. The van der Waals surface area contributed by atoms with Crippen LogP contribution in [-0.2, 0) is 4.74 Å². The molecule has 2 N–H and O–H groups in total. The number of nitrogens with one attached hydrogen (secondary N) is 2. The van der Waals surface area contributed by atoms with Crippen molar-refractivity contribution in [1.82, 2.24) is 9.97 Å². The summed E-state index contributed by atoms with van der Waals surface area (Å²) in [5.41, 5.74) is -0.142. The number of nitrogens with zero attached hydrogens (tertiary/aromatic N) is 3. The maximum Gasteiger partial charge on any atom is 0.329 e. The highest BCUT2D eigenvalue weighted by molar-refractivity contribution is 5.57. The Morgan fingerprint density at radius 2 is 2.32 bits per heavy atom. The predicted octanol–water partition coefficient (Wildman–Crippen LogP) is 1.65. The van der Waals surface area contributed by atoms with Gasteiger partial charge in [0, 0.05) is 14.2 Å². The molecular weight excluding hydrogens is 250 g/mol. The van der Waals surface area contributed by atoms with Crippen LogP contribution in [0.25, 0.3) is 0 Å². The van der Waals surface area contributed by atoms with Crippen LogP contribution in [-0.4, -0.2) is 41.7 Å². The standard InChI is InChI=1S/C11H19N5O3/c1-4-5-8(7-19-3)14-10-9(16(17)18)6-13-11(12-2)15-10/h6,8H,4-5,7H2,1-3H3,(H2,12,13,14,15). The van der Waals surface area contributed by atoms with Crippen molar-refractivity contribution in [2.75, 3.05) is 31.4 Å². The third kappa shape index (κ3) is 4.32. The second-order valence-electron chi connectivity index (χ2n) is 4.02. The van der Waals surface area contributed by atoms with Crippen LogP contribution in [0.3, 0.4) is 0 Å². The number of aromatic nitrogens is 2. The number of hydrogen-bond donors (Lipinski definition) is 2. The summed E-state index contributed by atoms with van der Waals surface area (Å²) >= 11 is 0. The first-order chi connectivity index (χ1) is 9.12. The number of methoxy groups -OCH3 is 1. The Bertz CT molecular complexity index is 421. The summed E-state index contributed by atoms with van der Waals surface area (Å²) in [7, 11) is 3.25. The molecule has 1 heterocycles. The Kier molecular flexibility index (Phi) is 5.94. The van der Waals surface area contributed by atoms with E-state index in [-0.39, 0.29) is 17.5 Å². The Hall–Kier alpha value is -1.96. The largest absolute Gasteiger partial charge is 0.383 e. The molecule has 19 heavy (non-hydrogen) atoms. The van der Waals surface area contributed by atoms with Gasteiger partial charge >= 0.3 is 5.69 Å². The van der Waals surface area contributed by atoms with E-state index in [1.54, 1.807) is 14.2 Å². The van der Waals surface area contributed by atoms with Gasteiger partial charge < -0.3 is 15.4 Å². The van der Waals surface area contributed by atoms with Crippen LogP contribution in [0.4, 0.5) is 17.5 Å². The third-order valence-electron chi connectivity index (χ3n) is 2.54. The molecule has 0 saturated heterocycles. The van der Waals surface area contributed by atoms with Crippen LogP contribution in [0.15, 0.2) is 6.20 Å². The molecule has 1 aromatic rings. The van der Waals surface area contributed by atoms with Gasteiger partial charge in [0.2, 0.25) is 11.8 Å². The SMILES string of the molecule is CCCC(COC)Nc1nc(NC)ncc1[N+](=O)[O-]. The quantitative estimate of drug-likeness (QED) is 0.546. The maximum atomic E-state index is 11.0. The summed E-state index contributed by atoms with van der Waals surface area (Å²) < 4.78 is 5.09. The van der Waals surface area contributed by atoms with Gasteiger partial charge in [-0.15, -0.1) is 0 Å². The van der Waals surface area contributed by atoms with E-state index in [0.717, 1.165) is 12.8 Å². The lowest BCUT2D eigenvalue weighted by atomic mass is 10.2. The van der Waals surface area contributed by atoms with E-state index in [1.165, 1.54) is 6.20 Å². The molecule has 0 aliphatic heterocycles. The molecule has 1 atom stereocenters. The summed E-state index contributed by atoms with van der Waals surface area (Å²) in [5.74, 6) is 0.542. The summed E-state index contributed by atoms with van der Waals surface area (Å²) in [6.07, 6.45) is 2.97. The van der Waals surface area contributed by atoms with Crippen molar-refractivity contribution < 1.29 is 9.66 Å². The number of rotatable bonds is 8. The molecule has 0 fully saturated rings. The van der Waals surface area contributed by atoms with Crippen molar-refractivity contribution in [3.05, 3.63) is 16.3 Å². The zero-order chi connectivity index (χ0) is 14.3. The van der Waals surface area contributed by atoms with Crippen LogP contribution in [0, 0.1) is 10.1 Å². The zero-order valence-electron chi connectivity index (χ0n) is 11.3. The summed E-state index contributed by atoms with van der Waals surface area (Å²) in [6.45, 7) is 2.50. The number of hydrogen-bond acceptors (Lipinski definition) is 7. The van der Waals surface area contributed by atoms with Crippen molar-refractivity contribution >= 4 is 17.5 Å². The fourth-order valence-corrected chi connectivity index (χ4v) is 1.68. The van der Waals surface area contributed by atoms with Crippen molar-refractivity contribution in [2.24, 2.45) is 0 Å². The molecule has 0 spiro atoms. The first-order valence-electron chi connectivity index (χ1n) is 6.07. The summed E-state index contributed by atoms with van der Waals surface area (Å²) in [6, 6.07) is -0.0201. The lowest BCUT2D eigenvalue weighted by Crippen LogP contribution is -2.26. The lowest BCUT2D eigenvalue weighted by molar-refractivity contribution is -0.384. The van der Waals surface area contributed by atoms with Gasteiger partial charge in [-0.2, -0.15) is 4.98 Å². The molecule has 0 amide bonds. The van der Waals surface area contributed by atoms with Gasteiger partial charge in [-0.25, -0.2) is 4.98 Å². The third-order valence-corrected chi connectivity index (χ3v) is 2.54. The highest BCUT2D eigenvalue weighted by Gasteiger charge is 2.19. The molecule has 0 aromatic carbocycles. The van der Waals surface area contributed by atoms with E-state index in [9.17, 15) is 10.1 Å². The second kappa shape index (κ2) is 7.47. The molecular formula is C11H19N5O3. The highest BCUT2D eigenvalue weighted by Crippen LogP contribution is 2.23. The smallest absolute Gasteiger partial charge is 0.329 e. The minimum absolute atomic E-state index is 0.0201. The van der Waals surface area contributed by atoms with Gasteiger partial charge in [0.1, 0.15) is 6.20 Å². The Morgan fingerprint density at radius 3 is 2.84 bits per heavy atom. The van der Waals surface area contributed by atoms with Crippen LogP contribution >= 0.6 is 0 Å². The number of anilines is 2. The molecule has 106 valence electrons. The molecule has 8 heteroatoms. The second-order valence-corrected chi connectivity index (χ2v) is 4.02. The molecule has 0 saturated carbocycles. The molecule has 0 bridgehead atoms. The van der Waals surface area contributed by atoms with Crippen molar-refractivity contribution in [2.45, 2.75) is 25.8 Å². The van der Waals surface area contributed by atoms with E-state index >= 15 is 0 Å². The Labute approximate surface area is 111 Å². The average Bonchev–Trinajstić information content (AvgIpc) is 2.38. The predicted molar refractivity (Wildman–Crippen MR) is 72.4 cm³/mol. The van der Waals surface area contributed by atoms with Crippen LogP contribution < -0.4 is 10.6 Å². The van der Waals surface area contributed by atoms with Gasteiger partial charge in [-0.1, -0.05) is 13.3 Å². The highest BCUT2D eigenvalue weighted by atomic mass is 16.6. The van der Waals surface area contributed by atoms with Gasteiger partial charge in [-0.05, 0) is 6.42 Å². The van der Waals surface area contributed by atoms with E-state index in [4.69, 9.17) is 4.74 Å². The number of ether oxygens (including phenoxy) is 1. The normalized spacial score (nSPS) is 11.9. The molecule has 0 aliphatic carbocycles. The van der Waals surface area contributed by atoms with Crippen molar-refractivity contribution in [3.63, 3.8) is 0 Å². The van der Waals surface area contributed by atoms with E-state index < -0.39 is 4.92 Å². The maximum absolute atomic E-state index is 11.0. The van der Waals surface area contributed by atoms with Crippen LogP contribution in [0.2, 0.25) is 0 Å². The summed E-state index contributed by atoms with van der Waals surface area (Å²) in [5, 5.41) is 16.8. The molecule has 1 aromatic heterocycles. The van der Waals surface area contributed by atoms with Crippen molar-refractivity contribution in [1.29, 1.82) is 0 Å². The minimum atomic E-state index is -0.502. The average molecular weight is 269 g/mol. The topological polar surface area (TPSA) is 102 Å². The first kappa shape index (κ1) is 15.1. The fraction of sp³-hybridized carbons (Fsp3) is 0.636. The Morgan fingerprint density at radius 1 is 1.58 bits per heavy atom. The van der Waals surface area contributed by atoms with Gasteiger partial charge in [0.15, 0.2) is 0 Å². The monoisotopic (exact) mass is 269 g/mol. The number of nitro groups is 1. The molecule has 8 nitrogen and oxygen atoms in total. The molecule has 1 rings (SSSR count). The lowest BCUT2D eigenvalue weighted by Gasteiger charge is -2.17.